The highest BCUT2D eigenvalue weighted by Crippen LogP contribution is 2.22. The Kier molecular flexibility index (Phi) is 2.38. The topological polar surface area (TPSA) is 37.8 Å². The van der Waals surface area contributed by atoms with E-state index in [4.69, 9.17) is 0 Å². The van der Waals surface area contributed by atoms with Crippen LogP contribution in [0.4, 0.5) is 0 Å². The smallest absolute Gasteiger partial charge is 0.115 e. The molecule has 3 rings (SSSR count). The normalized spacial score (nSPS) is 14.5. The van der Waals surface area contributed by atoms with E-state index in [1.165, 1.54) is 16.7 Å². The quantitative estimate of drug-likeness (QED) is 0.781. The molecule has 1 aliphatic heterocycles. The summed E-state index contributed by atoms with van der Waals surface area (Å²) in [7, 11) is 0. The van der Waals surface area contributed by atoms with Crippen molar-refractivity contribution in [3.63, 3.8) is 0 Å². The number of nitrogens with zero attached hydrogens (tertiary/aromatic N) is 2. The van der Waals surface area contributed by atoms with Crippen LogP contribution in [-0.4, -0.2) is 16.5 Å². The molecule has 0 spiro atoms. The summed E-state index contributed by atoms with van der Waals surface area (Å²) in [5.74, 6) is 0. The Bertz CT molecular complexity index is 494. The second-order valence-electron chi connectivity index (χ2n) is 4.04. The molecule has 1 N–H and O–H groups in total. The van der Waals surface area contributed by atoms with E-state index in [-0.39, 0.29) is 0 Å². The first-order valence-electron chi connectivity index (χ1n) is 5.51. The molecule has 0 saturated carbocycles. The van der Waals surface area contributed by atoms with E-state index in [9.17, 15) is 0 Å². The van der Waals surface area contributed by atoms with Crippen LogP contribution in [0.2, 0.25) is 0 Å². The Labute approximate surface area is 94.6 Å². The summed E-state index contributed by atoms with van der Waals surface area (Å²) < 4.78 is 0. The van der Waals surface area contributed by atoms with Gasteiger partial charge in [-0.15, -0.1) is 0 Å². The first-order valence-corrected chi connectivity index (χ1v) is 5.51. The van der Waals surface area contributed by atoms with Crippen LogP contribution in [0.25, 0.3) is 11.1 Å². The van der Waals surface area contributed by atoms with E-state index < -0.39 is 0 Å². The van der Waals surface area contributed by atoms with Gasteiger partial charge in [-0.2, -0.15) is 0 Å². The van der Waals surface area contributed by atoms with Crippen LogP contribution in [0.3, 0.4) is 0 Å². The summed E-state index contributed by atoms with van der Waals surface area (Å²) in [6.45, 7) is 2.05. The molecule has 3 heteroatoms. The number of rotatable bonds is 1. The molecule has 16 heavy (non-hydrogen) atoms. The SMILES string of the molecule is c1ncc(-c2ccc3c(c2)CNCC3)cn1. The number of hydrogen-bond donors (Lipinski definition) is 1. The lowest BCUT2D eigenvalue weighted by Crippen LogP contribution is -2.23. The third-order valence-corrected chi connectivity index (χ3v) is 2.99. The molecule has 0 bridgehead atoms. The van der Waals surface area contributed by atoms with Gasteiger partial charge in [-0.3, -0.25) is 0 Å². The fraction of sp³-hybridized carbons (Fsp3) is 0.231. The van der Waals surface area contributed by atoms with Gasteiger partial charge in [0.25, 0.3) is 0 Å². The van der Waals surface area contributed by atoms with Crippen LogP contribution in [0.15, 0.2) is 36.9 Å². The molecular formula is C13H13N3. The number of benzene rings is 1. The van der Waals surface area contributed by atoms with E-state index in [0.717, 1.165) is 25.1 Å². The molecule has 80 valence electrons. The summed E-state index contributed by atoms with van der Waals surface area (Å²) in [4.78, 5) is 8.09. The minimum atomic E-state index is 0.969. The first kappa shape index (κ1) is 9.48. The predicted octanol–water partition coefficient (Wildman–Crippen LogP) is 1.79. The van der Waals surface area contributed by atoms with Gasteiger partial charge < -0.3 is 5.32 Å². The van der Waals surface area contributed by atoms with Gasteiger partial charge in [0.15, 0.2) is 0 Å². The number of hydrogen-bond acceptors (Lipinski definition) is 3. The highest BCUT2D eigenvalue weighted by atomic mass is 14.9. The number of aromatic nitrogens is 2. The van der Waals surface area contributed by atoms with Crippen molar-refractivity contribution in [1.82, 2.24) is 15.3 Å². The van der Waals surface area contributed by atoms with Gasteiger partial charge >= 0.3 is 0 Å². The molecule has 0 saturated heterocycles. The molecule has 1 aliphatic rings. The standard InChI is InChI=1S/C13H13N3/c1-2-11(13-7-15-9-16-8-13)5-12-6-14-4-3-10(1)12/h1-2,5,7-9,14H,3-4,6H2. The molecule has 0 unspecified atom stereocenters. The van der Waals surface area contributed by atoms with Crippen LogP contribution in [0.5, 0.6) is 0 Å². The molecule has 2 aromatic rings. The zero-order valence-electron chi connectivity index (χ0n) is 8.98. The van der Waals surface area contributed by atoms with E-state index in [1.807, 2.05) is 12.4 Å². The van der Waals surface area contributed by atoms with Crippen molar-refractivity contribution in [3.8, 4) is 11.1 Å². The molecule has 0 radical (unpaired) electrons. The van der Waals surface area contributed by atoms with E-state index in [1.54, 1.807) is 6.33 Å². The van der Waals surface area contributed by atoms with Crippen LogP contribution in [-0.2, 0) is 13.0 Å². The van der Waals surface area contributed by atoms with Gasteiger partial charge in [0.05, 0.1) is 0 Å². The van der Waals surface area contributed by atoms with Crippen LogP contribution >= 0.6 is 0 Å². The lowest BCUT2D eigenvalue weighted by Gasteiger charge is -2.17. The molecule has 0 fully saturated rings. The highest BCUT2D eigenvalue weighted by molar-refractivity contribution is 5.63. The lowest BCUT2D eigenvalue weighted by molar-refractivity contribution is 0.644. The summed E-state index contributed by atoms with van der Waals surface area (Å²) in [5.41, 5.74) is 5.13. The Balaban J connectivity index is 2.03. The highest BCUT2D eigenvalue weighted by Gasteiger charge is 2.09. The van der Waals surface area contributed by atoms with E-state index in [2.05, 4.69) is 33.5 Å². The number of nitrogens with one attached hydrogen (secondary N) is 1. The van der Waals surface area contributed by atoms with Crippen molar-refractivity contribution < 1.29 is 0 Å². The van der Waals surface area contributed by atoms with Crippen LogP contribution < -0.4 is 5.32 Å². The van der Waals surface area contributed by atoms with E-state index >= 15 is 0 Å². The van der Waals surface area contributed by atoms with Crippen molar-refractivity contribution in [3.05, 3.63) is 48.0 Å². The van der Waals surface area contributed by atoms with Crippen molar-refractivity contribution in [1.29, 1.82) is 0 Å². The molecule has 0 atom stereocenters. The third-order valence-electron chi connectivity index (χ3n) is 2.99. The largest absolute Gasteiger partial charge is 0.312 e. The fourth-order valence-electron chi connectivity index (χ4n) is 2.11. The minimum absolute atomic E-state index is 0.969. The Morgan fingerprint density at radius 3 is 2.75 bits per heavy atom. The molecule has 1 aromatic heterocycles. The fourth-order valence-corrected chi connectivity index (χ4v) is 2.11. The summed E-state index contributed by atoms with van der Waals surface area (Å²) in [6.07, 6.45) is 6.39. The van der Waals surface area contributed by atoms with Gasteiger partial charge in [0, 0.05) is 24.5 Å². The molecule has 0 aliphatic carbocycles. The van der Waals surface area contributed by atoms with Gasteiger partial charge in [0.1, 0.15) is 6.33 Å². The molecular weight excluding hydrogens is 198 g/mol. The van der Waals surface area contributed by atoms with Crippen molar-refractivity contribution >= 4 is 0 Å². The maximum atomic E-state index is 4.05. The summed E-state index contributed by atoms with van der Waals surface area (Å²) >= 11 is 0. The Hall–Kier alpha value is -1.74. The lowest BCUT2D eigenvalue weighted by atomic mass is 9.97. The molecule has 3 nitrogen and oxygen atoms in total. The zero-order chi connectivity index (χ0) is 10.8. The molecule has 0 amide bonds. The second-order valence-corrected chi connectivity index (χ2v) is 4.04. The zero-order valence-corrected chi connectivity index (χ0v) is 8.98. The third kappa shape index (κ3) is 1.70. The maximum Gasteiger partial charge on any atom is 0.115 e. The summed E-state index contributed by atoms with van der Waals surface area (Å²) in [5, 5.41) is 3.39. The maximum absolute atomic E-state index is 4.05. The van der Waals surface area contributed by atoms with Gasteiger partial charge in [0.2, 0.25) is 0 Å². The average molecular weight is 211 g/mol. The Morgan fingerprint density at radius 1 is 1.00 bits per heavy atom. The van der Waals surface area contributed by atoms with Crippen LogP contribution in [0, 0.1) is 0 Å². The average Bonchev–Trinajstić information content (AvgIpc) is 2.39. The van der Waals surface area contributed by atoms with Gasteiger partial charge in [-0.05, 0) is 35.7 Å². The van der Waals surface area contributed by atoms with Crippen molar-refractivity contribution in [2.24, 2.45) is 0 Å². The first-order chi connectivity index (χ1) is 7.93. The van der Waals surface area contributed by atoms with E-state index in [0.29, 0.717) is 0 Å². The van der Waals surface area contributed by atoms with Crippen molar-refractivity contribution in [2.75, 3.05) is 6.54 Å². The molecule has 1 aromatic carbocycles. The predicted molar refractivity (Wildman–Crippen MR) is 62.9 cm³/mol. The number of fused-ring (bicyclic) bond motifs is 1. The van der Waals surface area contributed by atoms with Gasteiger partial charge in [-0.1, -0.05) is 12.1 Å². The minimum Gasteiger partial charge on any atom is -0.312 e. The Morgan fingerprint density at radius 2 is 1.88 bits per heavy atom. The second kappa shape index (κ2) is 4.02. The van der Waals surface area contributed by atoms with Gasteiger partial charge in [-0.25, -0.2) is 9.97 Å². The summed E-state index contributed by atoms with van der Waals surface area (Å²) in [6, 6.07) is 6.61. The molecule has 2 heterocycles. The van der Waals surface area contributed by atoms with Crippen LogP contribution in [0.1, 0.15) is 11.1 Å². The van der Waals surface area contributed by atoms with Crippen molar-refractivity contribution in [2.45, 2.75) is 13.0 Å². The monoisotopic (exact) mass is 211 g/mol.